The first-order valence-corrected chi connectivity index (χ1v) is 5.29. The fourth-order valence-electron chi connectivity index (χ4n) is 1.79. The second kappa shape index (κ2) is 5.92. The first-order chi connectivity index (χ1) is 8.10. The number of carbonyl (C=O) groups excluding carboxylic acids is 3. The van der Waals surface area contributed by atoms with Crippen LogP contribution in [0.4, 0.5) is 0 Å². The predicted molar refractivity (Wildman–Crippen MR) is 58.9 cm³/mol. The molecule has 0 unspecified atom stereocenters. The molecule has 2 rings (SSSR count). The number of carbonyl (C=O) groups is 1. The summed E-state index contributed by atoms with van der Waals surface area (Å²) in [5.74, 6) is 0.422. The third kappa shape index (κ3) is 3.23. The molecule has 5 heteroatoms. The average Bonchev–Trinajstić information content (AvgIpc) is 2.63. The van der Waals surface area contributed by atoms with Crippen LogP contribution in [0.25, 0.3) is 0 Å². The van der Waals surface area contributed by atoms with Crippen LogP contribution in [0.2, 0.25) is 0 Å². The van der Waals surface area contributed by atoms with Crippen LogP contribution < -0.4 is 5.32 Å². The van der Waals surface area contributed by atoms with Crippen molar-refractivity contribution in [3.63, 3.8) is 0 Å². The Bertz CT molecular complexity index is 422. The summed E-state index contributed by atoms with van der Waals surface area (Å²) in [7, 11) is 0. The number of pyridine rings is 1. The SMILES string of the molecule is Cc1ccc([C@@H]2CNC(=O)[C@H]2C)nc1.O=C=O. The van der Waals surface area contributed by atoms with Gasteiger partial charge >= 0.3 is 6.15 Å². The van der Waals surface area contributed by atoms with Crippen molar-refractivity contribution in [1.29, 1.82) is 0 Å². The molecule has 1 aromatic heterocycles. The summed E-state index contributed by atoms with van der Waals surface area (Å²) in [4.78, 5) is 31.9. The molecule has 0 bridgehead atoms. The molecule has 2 atom stereocenters. The van der Waals surface area contributed by atoms with Gasteiger partial charge in [-0.3, -0.25) is 9.78 Å². The summed E-state index contributed by atoms with van der Waals surface area (Å²) in [5.41, 5.74) is 2.17. The molecule has 0 aliphatic carbocycles. The maximum atomic E-state index is 11.3. The number of hydrogen-bond acceptors (Lipinski definition) is 4. The van der Waals surface area contributed by atoms with Crippen LogP contribution in [0.1, 0.15) is 24.1 Å². The quantitative estimate of drug-likeness (QED) is 0.774. The van der Waals surface area contributed by atoms with Crippen molar-refractivity contribution in [2.75, 3.05) is 6.54 Å². The Morgan fingerprint density at radius 2 is 2.06 bits per heavy atom. The van der Waals surface area contributed by atoms with E-state index < -0.39 is 0 Å². The lowest BCUT2D eigenvalue weighted by molar-refractivity contribution is -0.191. The Morgan fingerprint density at radius 1 is 1.41 bits per heavy atom. The largest absolute Gasteiger partial charge is 0.373 e. The number of nitrogens with zero attached hydrogens (tertiary/aromatic N) is 1. The lowest BCUT2D eigenvalue weighted by atomic mass is 9.93. The van der Waals surface area contributed by atoms with Crippen LogP contribution in [-0.2, 0) is 14.4 Å². The van der Waals surface area contributed by atoms with Gasteiger partial charge in [0.2, 0.25) is 5.91 Å². The molecule has 0 aromatic carbocycles. The normalized spacial score (nSPS) is 22.1. The zero-order valence-corrected chi connectivity index (χ0v) is 9.77. The van der Waals surface area contributed by atoms with Crippen molar-refractivity contribution in [3.05, 3.63) is 29.6 Å². The molecular weight excluding hydrogens is 220 g/mol. The fourth-order valence-corrected chi connectivity index (χ4v) is 1.79. The molecule has 0 saturated carbocycles. The van der Waals surface area contributed by atoms with Gasteiger partial charge in [0, 0.05) is 30.3 Å². The maximum Gasteiger partial charge on any atom is 0.373 e. The maximum absolute atomic E-state index is 11.3. The molecule has 1 saturated heterocycles. The van der Waals surface area contributed by atoms with Crippen molar-refractivity contribution in [2.24, 2.45) is 5.92 Å². The van der Waals surface area contributed by atoms with Crippen LogP contribution in [0.5, 0.6) is 0 Å². The van der Waals surface area contributed by atoms with Crippen LogP contribution in [0, 0.1) is 12.8 Å². The number of aryl methyl sites for hydroxylation is 1. The molecule has 1 aliphatic heterocycles. The highest BCUT2D eigenvalue weighted by molar-refractivity contribution is 5.81. The van der Waals surface area contributed by atoms with Gasteiger partial charge < -0.3 is 5.32 Å². The van der Waals surface area contributed by atoms with E-state index in [0.717, 1.165) is 17.8 Å². The number of nitrogens with one attached hydrogen (secondary N) is 1. The second-order valence-electron chi connectivity index (χ2n) is 3.98. The summed E-state index contributed by atoms with van der Waals surface area (Å²) in [6, 6.07) is 4.05. The Hall–Kier alpha value is -2.00. The van der Waals surface area contributed by atoms with Gasteiger partial charge in [0.1, 0.15) is 0 Å². The molecule has 1 aromatic rings. The highest BCUT2D eigenvalue weighted by Gasteiger charge is 2.32. The predicted octanol–water partition coefficient (Wildman–Crippen LogP) is 0.656. The molecule has 0 spiro atoms. The van der Waals surface area contributed by atoms with Crippen molar-refractivity contribution in [2.45, 2.75) is 19.8 Å². The van der Waals surface area contributed by atoms with Crippen LogP contribution in [-0.4, -0.2) is 23.6 Å². The van der Waals surface area contributed by atoms with Gasteiger partial charge in [-0.1, -0.05) is 13.0 Å². The van der Waals surface area contributed by atoms with Gasteiger partial charge in [-0.25, -0.2) is 0 Å². The van der Waals surface area contributed by atoms with Gasteiger partial charge in [0.05, 0.1) is 0 Å². The van der Waals surface area contributed by atoms with Gasteiger partial charge in [-0.05, 0) is 18.6 Å². The average molecular weight is 234 g/mol. The molecule has 5 nitrogen and oxygen atoms in total. The lowest BCUT2D eigenvalue weighted by Crippen LogP contribution is -2.17. The molecule has 1 aliphatic rings. The summed E-state index contributed by atoms with van der Waals surface area (Å²) in [6.07, 6.45) is 2.10. The number of amides is 1. The van der Waals surface area contributed by atoms with Gasteiger partial charge in [0.25, 0.3) is 0 Å². The van der Waals surface area contributed by atoms with E-state index in [2.05, 4.69) is 10.3 Å². The highest BCUT2D eigenvalue weighted by atomic mass is 16.2. The van der Waals surface area contributed by atoms with Gasteiger partial charge in [0.15, 0.2) is 0 Å². The van der Waals surface area contributed by atoms with E-state index in [0.29, 0.717) is 0 Å². The molecule has 1 N–H and O–H groups in total. The molecular formula is C12H14N2O3. The fraction of sp³-hybridized carbons (Fsp3) is 0.417. The summed E-state index contributed by atoms with van der Waals surface area (Å²) in [6.45, 7) is 4.68. The van der Waals surface area contributed by atoms with Gasteiger partial charge in [-0.2, -0.15) is 9.59 Å². The zero-order valence-electron chi connectivity index (χ0n) is 9.77. The van der Waals surface area contributed by atoms with E-state index in [4.69, 9.17) is 9.59 Å². The van der Waals surface area contributed by atoms with Crippen molar-refractivity contribution < 1.29 is 14.4 Å². The Kier molecular flexibility index (Phi) is 4.55. The minimum atomic E-state index is 0.0465. The van der Waals surface area contributed by atoms with E-state index in [1.54, 1.807) is 0 Å². The third-order valence-electron chi connectivity index (χ3n) is 2.83. The minimum Gasteiger partial charge on any atom is -0.355 e. The number of rotatable bonds is 1. The van der Waals surface area contributed by atoms with Crippen LogP contribution >= 0.6 is 0 Å². The number of hydrogen-bond donors (Lipinski definition) is 1. The molecule has 17 heavy (non-hydrogen) atoms. The molecule has 90 valence electrons. The van der Waals surface area contributed by atoms with Crippen LogP contribution in [0.15, 0.2) is 18.3 Å². The van der Waals surface area contributed by atoms with E-state index in [9.17, 15) is 4.79 Å². The Labute approximate surface area is 99.2 Å². The second-order valence-corrected chi connectivity index (χ2v) is 3.98. The zero-order chi connectivity index (χ0) is 12.8. The van der Waals surface area contributed by atoms with E-state index in [-0.39, 0.29) is 23.9 Å². The third-order valence-corrected chi connectivity index (χ3v) is 2.83. The van der Waals surface area contributed by atoms with Crippen molar-refractivity contribution in [1.82, 2.24) is 10.3 Å². The molecule has 0 radical (unpaired) electrons. The summed E-state index contributed by atoms with van der Waals surface area (Å²) in [5, 5.41) is 2.85. The first-order valence-electron chi connectivity index (χ1n) is 5.29. The summed E-state index contributed by atoms with van der Waals surface area (Å²) >= 11 is 0. The van der Waals surface area contributed by atoms with Crippen molar-refractivity contribution in [3.8, 4) is 0 Å². The van der Waals surface area contributed by atoms with Crippen LogP contribution in [0.3, 0.4) is 0 Å². The standard InChI is InChI=1S/C11H14N2O.CO2/c1-7-3-4-10(12-5-7)9-6-13-11(14)8(9)2;2-1-3/h3-5,8-9H,6H2,1-2H3,(H,13,14);/t8-,9+;/m0./s1. The highest BCUT2D eigenvalue weighted by Crippen LogP contribution is 2.26. The molecule has 2 heterocycles. The molecule has 1 fully saturated rings. The van der Waals surface area contributed by atoms with Crippen molar-refractivity contribution >= 4 is 12.1 Å². The lowest BCUT2D eigenvalue weighted by Gasteiger charge is -2.11. The number of aromatic nitrogens is 1. The minimum absolute atomic E-state index is 0.0465. The molecule has 1 amide bonds. The summed E-state index contributed by atoms with van der Waals surface area (Å²) < 4.78 is 0. The van der Waals surface area contributed by atoms with E-state index >= 15 is 0 Å². The monoisotopic (exact) mass is 234 g/mol. The topological polar surface area (TPSA) is 76.1 Å². The smallest absolute Gasteiger partial charge is 0.355 e. The van der Waals surface area contributed by atoms with E-state index in [1.807, 2.05) is 32.2 Å². The Morgan fingerprint density at radius 3 is 2.47 bits per heavy atom. The van der Waals surface area contributed by atoms with E-state index in [1.165, 1.54) is 0 Å². The van der Waals surface area contributed by atoms with Gasteiger partial charge in [-0.15, -0.1) is 0 Å². The Balaban J connectivity index is 0.000000437. The first kappa shape index (κ1) is 13.1.